The number of nitrogens with one attached hydrogen (secondary N) is 1. The van der Waals surface area contributed by atoms with Gasteiger partial charge in [0.15, 0.2) is 0 Å². The maximum Gasteiger partial charge on any atom is 0.270 e. The number of amides is 1. The van der Waals surface area contributed by atoms with Crippen LogP contribution in [-0.2, 0) is 10.0 Å². The zero-order valence-electron chi connectivity index (χ0n) is 12.5. The lowest BCUT2D eigenvalue weighted by Crippen LogP contribution is -2.49. The second kappa shape index (κ2) is 5.92. The molecule has 0 aromatic carbocycles. The average Bonchev–Trinajstić information content (AvgIpc) is 3.31. The molecule has 1 aliphatic heterocycles. The first-order chi connectivity index (χ1) is 10.4. The van der Waals surface area contributed by atoms with E-state index in [9.17, 15) is 13.2 Å². The lowest BCUT2D eigenvalue weighted by molar-refractivity contribution is 0.0916. The third kappa shape index (κ3) is 3.61. The fourth-order valence-corrected chi connectivity index (χ4v) is 3.57. The van der Waals surface area contributed by atoms with Crippen LogP contribution in [0.2, 0.25) is 0 Å². The number of hydrogen-bond donors (Lipinski definition) is 1. The minimum atomic E-state index is -3.21. The van der Waals surface area contributed by atoms with E-state index in [1.165, 1.54) is 10.6 Å². The molecule has 1 aromatic heterocycles. The van der Waals surface area contributed by atoms with Crippen molar-refractivity contribution in [2.45, 2.75) is 37.6 Å². The fourth-order valence-electron chi connectivity index (χ4n) is 2.66. The van der Waals surface area contributed by atoms with E-state index < -0.39 is 10.0 Å². The van der Waals surface area contributed by atoms with Crippen LogP contribution in [0.1, 0.15) is 47.9 Å². The summed E-state index contributed by atoms with van der Waals surface area (Å²) in [5.74, 6) is 0.863. The van der Waals surface area contributed by atoms with Gasteiger partial charge in [-0.15, -0.1) is 0 Å². The number of carbonyl (C=O) groups excluding carboxylic acids is 1. The van der Waals surface area contributed by atoms with E-state index in [2.05, 4.69) is 15.3 Å². The molecule has 8 heteroatoms. The standard InChI is InChI=1S/C14H20N4O3S/c1-22(20,21)18-8-2-3-11(9-18)16-14(19)12-6-7-15-13(17-12)10-4-5-10/h6-7,10-11H,2-5,8-9H2,1H3,(H,16,19). The molecule has 3 rings (SSSR count). The molecule has 1 saturated carbocycles. The van der Waals surface area contributed by atoms with Gasteiger partial charge in [0.25, 0.3) is 5.91 Å². The van der Waals surface area contributed by atoms with Crippen LogP contribution < -0.4 is 5.32 Å². The summed E-state index contributed by atoms with van der Waals surface area (Å²) >= 11 is 0. The lowest BCUT2D eigenvalue weighted by atomic mass is 10.1. The maximum absolute atomic E-state index is 12.3. The quantitative estimate of drug-likeness (QED) is 0.871. The highest BCUT2D eigenvalue weighted by Gasteiger charge is 2.29. The predicted octanol–water partition coefficient (Wildman–Crippen LogP) is 0.508. The Morgan fingerprint density at radius 3 is 2.82 bits per heavy atom. The van der Waals surface area contributed by atoms with Gasteiger partial charge < -0.3 is 5.32 Å². The fraction of sp³-hybridized carbons (Fsp3) is 0.643. The number of hydrogen-bond acceptors (Lipinski definition) is 5. The summed E-state index contributed by atoms with van der Waals surface area (Å²) in [5, 5.41) is 2.89. The molecule has 1 atom stereocenters. The van der Waals surface area contributed by atoms with Gasteiger partial charge in [-0.1, -0.05) is 0 Å². The lowest BCUT2D eigenvalue weighted by Gasteiger charge is -2.31. The molecule has 2 fully saturated rings. The summed E-state index contributed by atoms with van der Waals surface area (Å²) in [6, 6.07) is 1.42. The summed E-state index contributed by atoms with van der Waals surface area (Å²) in [6.45, 7) is 0.843. The van der Waals surface area contributed by atoms with E-state index in [4.69, 9.17) is 0 Å². The number of sulfonamides is 1. The van der Waals surface area contributed by atoms with Gasteiger partial charge in [0.2, 0.25) is 10.0 Å². The Hall–Kier alpha value is -1.54. The molecule has 22 heavy (non-hydrogen) atoms. The van der Waals surface area contributed by atoms with Crippen LogP contribution in [0.5, 0.6) is 0 Å². The molecule has 1 amide bonds. The van der Waals surface area contributed by atoms with Crippen LogP contribution in [0.3, 0.4) is 0 Å². The van der Waals surface area contributed by atoms with Crippen LogP contribution in [-0.4, -0.2) is 54.0 Å². The van der Waals surface area contributed by atoms with Crippen molar-refractivity contribution in [1.29, 1.82) is 0 Å². The maximum atomic E-state index is 12.3. The monoisotopic (exact) mass is 324 g/mol. The molecule has 0 spiro atoms. The van der Waals surface area contributed by atoms with Gasteiger partial charge >= 0.3 is 0 Å². The molecular formula is C14H20N4O3S. The van der Waals surface area contributed by atoms with Crippen molar-refractivity contribution in [2.75, 3.05) is 19.3 Å². The van der Waals surface area contributed by atoms with E-state index >= 15 is 0 Å². The molecule has 120 valence electrons. The van der Waals surface area contributed by atoms with Crippen molar-refractivity contribution < 1.29 is 13.2 Å². The topological polar surface area (TPSA) is 92.3 Å². The highest BCUT2D eigenvalue weighted by molar-refractivity contribution is 7.88. The van der Waals surface area contributed by atoms with Crippen LogP contribution in [0.25, 0.3) is 0 Å². The first kappa shape index (κ1) is 15.4. The SMILES string of the molecule is CS(=O)(=O)N1CCCC(NC(=O)c2ccnc(C3CC3)n2)C1. The smallest absolute Gasteiger partial charge is 0.270 e. The van der Waals surface area contributed by atoms with E-state index in [0.29, 0.717) is 24.7 Å². The Morgan fingerprint density at radius 1 is 1.36 bits per heavy atom. The van der Waals surface area contributed by atoms with Crippen molar-refractivity contribution in [3.05, 3.63) is 23.8 Å². The van der Waals surface area contributed by atoms with Crippen LogP contribution in [0.15, 0.2) is 12.3 Å². The van der Waals surface area contributed by atoms with Crippen molar-refractivity contribution >= 4 is 15.9 Å². The highest BCUT2D eigenvalue weighted by atomic mass is 32.2. The molecule has 1 saturated heterocycles. The molecule has 0 radical (unpaired) electrons. The Balaban J connectivity index is 1.65. The highest BCUT2D eigenvalue weighted by Crippen LogP contribution is 2.37. The van der Waals surface area contributed by atoms with E-state index in [1.54, 1.807) is 12.3 Å². The second-order valence-corrected chi connectivity index (χ2v) is 7.99. The summed E-state index contributed by atoms with van der Waals surface area (Å²) in [7, 11) is -3.21. The normalized spacial score (nSPS) is 23.2. The van der Waals surface area contributed by atoms with Gasteiger partial charge in [-0.2, -0.15) is 0 Å². The molecule has 1 unspecified atom stereocenters. The molecule has 7 nitrogen and oxygen atoms in total. The number of rotatable bonds is 4. The van der Waals surface area contributed by atoms with Crippen molar-refractivity contribution in [2.24, 2.45) is 0 Å². The molecule has 0 bridgehead atoms. The van der Waals surface area contributed by atoms with Gasteiger partial charge in [-0.3, -0.25) is 4.79 Å². The predicted molar refractivity (Wildman–Crippen MR) is 80.9 cm³/mol. The van der Waals surface area contributed by atoms with Crippen molar-refractivity contribution in [3.8, 4) is 0 Å². The second-order valence-electron chi connectivity index (χ2n) is 6.01. The van der Waals surface area contributed by atoms with Gasteiger partial charge in [0.05, 0.1) is 6.26 Å². The molecule has 1 N–H and O–H groups in total. The summed E-state index contributed by atoms with van der Waals surface area (Å²) in [5.41, 5.74) is 0.355. The minimum absolute atomic E-state index is 0.171. The zero-order valence-corrected chi connectivity index (χ0v) is 13.3. The van der Waals surface area contributed by atoms with Crippen molar-refractivity contribution in [1.82, 2.24) is 19.6 Å². The van der Waals surface area contributed by atoms with Gasteiger partial charge in [-0.05, 0) is 31.7 Å². The number of piperidine rings is 1. The Labute approximate surface area is 130 Å². The Kier molecular flexibility index (Phi) is 4.14. The largest absolute Gasteiger partial charge is 0.347 e. The minimum Gasteiger partial charge on any atom is -0.347 e. The molecule has 2 aliphatic rings. The molecule has 1 aliphatic carbocycles. The van der Waals surface area contributed by atoms with E-state index in [0.717, 1.165) is 31.5 Å². The van der Waals surface area contributed by atoms with E-state index in [1.807, 2.05) is 0 Å². The number of carbonyl (C=O) groups is 1. The third-order valence-electron chi connectivity index (χ3n) is 4.04. The Morgan fingerprint density at radius 2 is 2.14 bits per heavy atom. The first-order valence-electron chi connectivity index (χ1n) is 7.52. The van der Waals surface area contributed by atoms with Crippen LogP contribution >= 0.6 is 0 Å². The molecular weight excluding hydrogens is 304 g/mol. The number of aromatic nitrogens is 2. The third-order valence-corrected chi connectivity index (χ3v) is 5.31. The molecule has 2 heterocycles. The average molecular weight is 324 g/mol. The van der Waals surface area contributed by atoms with Gasteiger partial charge in [0, 0.05) is 31.2 Å². The van der Waals surface area contributed by atoms with Crippen LogP contribution in [0, 0.1) is 0 Å². The van der Waals surface area contributed by atoms with E-state index in [-0.39, 0.29) is 11.9 Å². The zero-order chi connectivity index (χ0) is 15.7. The summed E-state index contributed by atoms with van der Waals surface area (Å²) < 4.78 is 24.6. The van der Waals surface area contributed by atoms with Crippen LogP contribution in [0.4, 0.5) is 0 Å². The Bertz CT molecular complexity index is 672. The first-order valence-corrected chi connectivity index (χ1v) is 9.37. The summed E-state index contributed by atoms with van der Waals surface area (Å²) in [4.78, 5) is 20.8. The number of nitrogens with zero attached hydrogens (tertiary/aromatic N) is 3. The summed E-state index contributed by atoms with van der Waals surface area (Å²) in [6.07, 6.45) is 6.49. The van der Waals surface area contributed by atoms with Crippen molar-refractivity contribution in [3.63, 3.8) is 0 Å². The van der Waals surface area contributed by atoms with Gasteiger partial charge in [-0.25, -0.2) is 22.7 Å². The van der Waals surface area contributed by atoms with Gasteiger partial charge in [0.1, 0.15) is 11.5 Å². The molecule has 1 aromatic rings.